The number of rotatable bonds is 6. The summed E-state index contributed by atoms with van der Waals surface area (Å²) in [7, 11) is 1.35. The average molecular weight is 477 g/mol. The summed E-state index contributed by atoms with van der Waals surface area (Å²) in [5, 5.41) is 6.49. The van der Waals surface area contributed by atoms with E-state index in [4.69, 9.17) is 9.15 Å². The van der Waals surface area contributed by atoms with Gasteiger partial charge in [0.25, 0.3) is 0 Å². The molecule has 0 saturated heterocycles. The molecule has 2 rings (SSSR count). The van der Waals surface area contributed by atoms with E-state index in [-0.39, 0.29) is 24.0 Å². The van der Waals surface area contributed by atoms with Crippen molar-refractivity contribution in [2.75, 3.05) is 13.7 Å². The molecule has 0 bridgehead atoms. The standard InChI is InChI=1S/C17H23N3O3S.HI/c1-5-18-17(20-10-14-7-6-11(2)24-14)19-9-13-8-15(12(3)23-13)16(21)22-4;/h6-8H,5,9-10H2,1-4H3,(H2,18,19,20);1H. The van der Waals surface area contributed by atoms with Crippen LogP contribution in [-0.4, -0.2) is 25.6 Å². The lowest BCUT2D eigenvalue weighted by Gasteiger charge is -2.09. The Morgan fingerprint density at radius 1 is 1.32 bits per heavy atom. The Morgan fingerprint density at radius 2 is 2.08 bits per heavy atom. The number of aliphatic imine (C=N–C) groups is 1. The van der Waals surface area contributed by atoms with Gasteiger partial charge < -0.3 is 19.8 Å². The molecule has 0 aliphatic carbocycles. The van der Waals surface area contributed by atoms with Crippen molar-refractivity contribution < 1.29 is 13.9 Å². The van der Waals surface area contributed by atoms with E-state index >= 15 is 0 Å². The third-order valence-corrected chi connectivity index (χ3v) is 4.34. The van der Waals surface area contributed by atoms with Gasteiger partial charge in [-0.3, -0.25) is 0 Å². The monoisotopic (exact) mass is 477 g/mol. The summed E-state index contributed by atoms with van der Waals surface area (Å²) in [4.78, 5) is 18.6. The van der Waals surface area contributed by atoms with Crippen molar-refractivity contribution >= 4 is 47.2 Å². The zero-order valence-electron chi connectivity index (χ0n) is 14.8. The van der Waals surface area contributed by atoms with Crippen LogP contribution in [0.3, 0.4) is 0 Å². The molecule has 2 aromatic heterocycles. The fourth-order valence-electron chi connectivity index (χ4n) is 2.18. The van der Waals surface area contributed by atoms with Crippen LogP contribution in [0.5, 0.6) is 0 Å². The number of methoxy groups -OCH3 is 1. The normalized spacial score (nSPS) is 11.0. The summed E-state index contributed by atoms with van der Waals surface area (Å²) < 4.78 is 10.3. The Labute approximate surface area is 169 Å². The number of nitrogens with zero attached hydrogens (tertiary/aromatic N) is 1. The van der Waals surface area contributed by atoms with Crippen molar-refractivity contribution in [3.8, 4) is 0 Å². The molecule has 0 unspecified atom stereocenters. The van der Waals surface area contributed by atoms with E-state index in [2.05, 4.69) is 34.7 Å². The number of hydrogen-bond acceptors (Lipinski definition) is 5. The van der Waals surface area contributed by atoms with Crippen LogP contribution < -0.4 is 10.6 Å². The number of hydrogen-bond donors (Lipinski definition) is 2. The first kappa shape index (κ1) is 21.5. The highest BCUT2D eigenvalue weighted by atomic mass is 127. The Bertz CT molecular complexity index is 725. The first-order chi connectivity index (χ1) is 11.5. The summed E-state index contributed by atoms with van der Waals surface area (Å²) in [6.45, 7) is 7.66. The van der Waals surface area contributed by atoms with E-state index in [9.17, 15) is 4.79 Å². The van der Waals surface area contributed by atoms with Gasteiger partial charge in [-0.05, 0) is 39.0 Å². The molecule has 0 amide bonds. The number of furan rings is 1. The lowest BCUT2D eigenvalue weighted by molar-refractivity contribution is 0.0599. The number of nitrogens with one attached hydrogen (secondary N) is 2. The first-order valence-electron chi connectivity index (χ1n) is 7.78. The fraction of sp³-hybridized carbons (Fsp3) is 0.412. The van der Waals surface area contributed by atoms with Gasteiger partial charge in [-0.15, -0.1) is 35.3 Å². The highest BCUT2D eigenvalue weighted by molar-refractivity contribution is 14.0. The van der Waals surface area contributed by atoms with E-state index in [0.717, 1.165) is 13.1 Å². The molecule has 6 nitrogen and oxygen atoms in total. The molecular formula is C17H24IN3O3S. The van der Waals surface area contributed by atoms with Crippen LogP contribution in [0.2, 0.25) is 0 Å². The molecule has 0 aliphatic rings. The molecule has 0 atom stereocenters. The third kappa shape index (κ3) is 6.35. The maximum Gasteiger partial charge on any atom is 0.341 e. The van der Waals surface area contributed by atoms with E-state index in [1.54, 1.807) is 24.3 Å². The molecule has 0 saturated carbocycles. The number of halogens is 1. The number of carbonyl (C=O) groups excluding carboxylic acids is 1. The van der Waals surface area contributed by atoms with Crippen molar-refractivity contribution in [2.45, 2.75) is 33.9 Å². The van der Waals surface area contributed by atoms with Crippen LogP contribution in [0.25, 0.3) is 0 Å². The van der Waals surface area contributed by atoms with Crippen LogP contribution in [0.4, 0.5) is 0 Å². The van der Waals surface area contributed by atoms with Crippen molar-refractivity contribution in [1.82, 2.24) is 10.6 Å². The fourth-order valence-corrected chi connectivity index (χ4v) is 3.01. The van der Waals surface area contributed by atoms with Crippen LogP contribution in [-0.2, 0) is 17.8 Å². The van der Waals surface area contributed by atoms with Gasteiger partial charge in [0.1, 0.15) is 23.6 Å². The molecule has 2 aromatic rings. The molecule has 0 radical (unpaired) electrons. The molecule has 138 valence electrons. The smallest absolute Gasteiger partial charge is 0.341 e. The van der Waals surface area contributed by atoms with Gasteiger partial charge in [0.05, 0.1) is 13.7 Å². The van der Waals surface area contributed by atoms with E-state index in [1.807, 2.05) is 6.92 Å². The summed E-state index contributed by atoms with van der Waals surface area (Å²) >= 11 is 1.76. The average Bonchev–Trinajstić information content (AvgIpc) is 3.15. The maximum atomic E-state index is 11.6. The number of aryl methyl sites for hydroxylation is 2. The van der Waals surface area contributed by atoms with Crippen LogP contribution in [0, 0.1) is 13.8 Å². The maximum absolute atomic E-state index is 11.6. The van der Waals surface area contributed by atoms with Crippen LogP contribution in [0.15, 0.2) is 27.6 Å². The van der Waals surface area contributed by atoms with Crippen LogP contribution in [0.1, 0.15) is 38.6 Å². The predicted molar refractivity (Wildman–Crippen MR) is 111 cm³/mol. The SMILES string of the molecule is CCNC(=NCc1cc(C(=O)OC)c(C)o1)NCc1ccc(C)s1.I. The summed E-state index contributed by atoms with van der Waals surface area (Å²) in [5.74, 6) is 1.47. The molecule has 2 heterocycles. The summed E-state index contributed by atoms with van der Waals surface area (Å²) in [5.41, 5.74) is 0.440. The molecule has 0 aliphatic heterocycles. The van der Waals surface area contributed by atoms with E-state index in [0.29, 0.717) is 29.6 Å². The number of guanidine groups is 1. The van der Waals surface area contributed by atoms with Gasteiger partial charge in [0.2, 0.25) is 0 Å². The van der Waals surface area contributed by atoms with Crippen molar-refractivity contribution in [1.29, 1.82) is 0 Å². The number of carbonyl (C=O) groups is 1. The minimum absolute atomic E-state index is 0. The lowest BCUT2D eigenvalue weighted by Crippen LogP contribution is -2.36. The molecule has 0 spiro atoms. The quantitative estimate of drug-likeness (QED) is 0.288. The first-order valence-corrected chi connectivity index (χ1v) is 8.60. The number of esters is 1. The van der Waals surface area contributed by atoms with Crippen molar-refractivity contribution in [3.63, 3.8) is 0 Å². The van der Waals surface area contributed by atoms with E-state index < -0.39 is 5.97 Å². The molecule has 0 aromatic carbocycles. The predicted octanol–water partition coefficient (Wildman–Crippen LogP) is 3.62. The van der Waals surface area contributed by atoms with E-state index in [1.165, 1.54) is 16.9 Å². The lowest BCUT2D eigenvalue weighted by atomic mass is 10.2. The van der Waals surface area contributed by atoms with Crippen molar-refractivity contribution in [3.05, 3.63) is 45.0 Å². The topological polar surface area (TPSA) is 75.9 Å². The van der Waals surface area contributed by atoms with Gasteiger partial charge >= 0.3 is 5.97 Å². The van der Waals surface area contributed by atoms with Gasteiger partial charge in [0, 0.05) is 16.3 Å². The Balaban J connectivity index is 0.00000312. The largest absolute Gasteiger partial charge is 0.465 e. The zero-order valence-corrected chi connectivity index (χ0v) is 18.0. The highest BCUT2D eigenvalue weighted by Gasteiger charge is 2.15. The molecule has 0 fully saturated rings. The van der Waals surface area contributed by atoms with Gasteiger partial charge in [-0.1, -0.05) is 0 Å². The van der Waals surface area contributed by atoms with Crippen LogP contribution >= 0.6 is 35.3 Å². The molecular weight excluding hydrogens is 453 g/mol. The second kappa shape index (κ2) is 10.4. The van der Waals surface area contributed by atoms with Gasteiger partial charge in [-0.25, -0.2) is 9.79 Å². The minimum atomic E-state index is -0.399. The zero-order chi connectivity index (χ0) is 17.5. The van der Waals surface area contributed by atoms with Gasteiger partial charge in [-0.2, -0.15) is 0 Å². The van der Waals surface area contributed by atoms with Crippen molar-refractivity contribution in [2.24, 2.45) is 4.99 Å². The third-order valence-electron chi connectivity index (χ3n) is 3.34. The highest BCUT2D eigenvalue weighted by Crippen LogP contribution is 2.17. The Kier molecular flexibility index (Phi) is 8.98. The molecule has 8 heteroatoms. The number of ether oxygens (including phenoxy) is 1. The Hall–Kier alpha value is -1.55. The number of thiophene rings is 1. The minimum Gasteiger partial charge on any atom is -0.465 e. The summed E-state index contributed by atoms with van der Waals surface area (Å²) in [6.07, 6.45) is 0. The Morgan fingerprint density at radius 3 is 2.68 bits per heavy atom. The summed E-state index contributed by atoms with van der Waals surface area (Å²) in [6, 6.07) is 5.89. The van der Waals surface area contributed by atoms with Gasteiger partial charge in [0.15, 0.2) is 5.96 Å². The second-order valence-electron chi connectivity index (χ2n) is 5.24. The second-order valence-corrected chi connectivity index (χ2v) is 6.61. The molecule has 25 heavy (non-hydrogen) atoms. The molecule has 2 N–H and O–H groups in total.